The van der Waals surface area contributed by atoms with E-state index < -0.39 is 0 Å². The number of hydrogen-bond acceptors (Lipinski definition) is 2. The molecule has 18 heavy (non-hydrogen) atoms. The molecule has 0 aliphatic carbocycles. The van der Waals surface area contributed by atoms with Crippen molar-refractivity contribution >= 4 is 15.9 Å². The Morgan fingerprint density at radius 1 is 1.44 bits per heavy atom. The van der Waals surface area contributed by atoms with E-state index in [-0.39, 0.29) is 5.54 Å². The zero-order chi connectivity index (χ0) is 13.3. The fourth-order valence-corrected chi connectivity index (χ4v) is 3.27. The number of nitrogens with two attached hydrogens (primary N) is 1. The molecule has 1 atom stereocenters. The topological polar surface area (TPSA) is 29.3 Å². The molecule has 0 aromatic heterocycles. The van der Waals surface area contributed by atoms with E-state index in [1.807, 2.05) is 0 Å². The Morgan fingerprint density at radius 3 is 2.67 bits per heavy atom. The first kappa shape index (κ1) is 14.0. The van der Waals surface area contributed by atoms with Gasteiger partial charge in [-0.2, -0.15) is 0 Å². The smallest absolute Gasteiger partial charge is 0.0475 e. The summed E-state index contributed by atoms with van der Waals surface area (Å²) in [4.78, 5) is 2.57. The molecule has 3 heteroatoms. The van der Waals surface area contributed by atoms with Crippen LogP contribution >= 0.6 is 15.9 Å². The molecule has 1 aliphatic heterocycles. The fraction of sp³-hybridized carbons (Fsp3) is 0.600. The molecule has 1 unspecified atom stereocenters. The Labute approximate surface area is 119 Å². The van der Waals surface area contributed by atoms with Gasteiger partial charge >= 0.3 is 0 Å². The molecule has 0 amide bonds. The highest BCUT2D eigenvalue weighted by molar-refractivity contribution is 9.10. The summed E-state index contributed by atoms with van der Waals surface area (Å²) in [5, 5.41) is 0. The maximum absolute atomic E-state index is 6.04. The molecule has 2 rings (SSSR count). The van der Waals surface area contributed by atoms with E-state index in [4.69, 9.17) is 5.73 Å². The van der Waals surface area contributed by atoms with Crippen molar-refractivity contribution in [1.82, 2.24) is 4.90 Å². The fourth-order valence-electron chi connectivity index (χ4n) is 3.02. The Morgan fingerprint density at radius 2 is 2.17 bits per heavy atom. The van der Waals surface area contributed by atoms with Gasteiger partial charge in [-0.05, 0) is 57.4 Å². The van der Waals surface area contributed by atoms with Crippen molar-refractivity contribution in [3.63, 3.8) is 0 Å². The van der Waals surface area contributed by atoms with Gasteiger partial charge in [0.2, 0.25) is 0 Å². The average molecular weight is 311 g/mol. The van der Waals surface area contributed by atoms with E-state index in [1.54, 1.807) is 0 Å². The molecule has 0 saturated carbocycles. The van der Waals surface area contributed by atoms with Crippen LogP contribution in [0.5, 0.6) is 0 Å². The van der Waals surface area contributed by atoms with Crippen LogP contribution in [0.2, 0.25) is 0 Å². The van der Waals surface area contributed by atoms with Gasteiger partial charge in [-0.15, -0.1) is 0 Å². The van der Waals surface area contributed by atoms with Crippen LogP contribution in [0.1, 0.15) is 43.9 Å². The molecule has 1 heterocycles. The lowest BCUT2D eigenvalue weighted by atomic mass is 9.96. The van der Waals surface area contributed by atoms with Crippen LogP contribution in [0.25, 0.3) is 0 Å². The van der Waals surface area contributed by atoms with Gasteiger partial charge in [0.1, 0.15) is 0 Å². The number of hydrogen-bond donors (Lipinski definition) is 1. The predicted octanol–water partition coefficient (Wildman–Crippen LogP) is 3.63. The normalized spacial score (nSPS) is 21.2. The number of benzene rings is 1. The molecular weight excluding hydrogens is 288 g/mol. The van der Waals surface area contributed by atoms with Crippen LogP contribution in [-0.2, 0) is 0 Å². The van der Waals surface area contributed by atoms with Crippen molar-refractivity contribution in [3.8, 4) is 0 Å². The molecule has 0 spiro atoms. The summed E-state index contributed by atoms with van der Waals surface area (Å²) < 4.78 is 1.17. The van der Waals surface area contributed by atoms with Crippen molar-refractivity contribution in [3.05, 3.63) is 33.8 Å². The van der Waals surface area contributed by atoms with Crippen molar-refractivity contribution in [1.29, 1.82) is 0 Å². The Bertz CT molecular complexity index is 429. The SMILES string of the molecule is Cc1cc(C(CN)N2CCCC2(C)C)ccc1Br. The monoisotopic (exact) mass is 310 g/mol. The van der Waals surface area contributed by atoms with E-state index in [2.05, 4.69) is 59.8 Å². The predicted molar refractivity (Wildman–Crippen MR) is 80.7 cm³/mol. The second kappa shape index (κ2) is 5.32. The van der Waals surface area contributed by atoms with Crippen LogP contribution in [0, 0.1) is 6.92 Å². The lowest BCUT2D eigenvalue weighted by molar-refractivity contribution is 0.119. The number of rotatable bonds is 3. The van der Waals surface area contributed by atoms with E-state index in [9.17, 15) is 0 Å². The van der Waals surface area contributed by atoms with Crippen molar-refractivity contribution in [2.75, 3.05) is 13.1 Å². The summed E-state index contributed by atoms with van der Waals surface area (Å²) in [7, 11) is 0. The minimum atomic E-state index is 0.269. The third-order valence-electron chi connectivity index (χ3n) is 4.13. The molecule has 100 valence electrons. The number of likely N-dealkylation sites (tertiary alicyclic amines) is 1. The minimum Gasteiger partial charge on any atom is -0.329 e. The highest BCUT2D eigenvalue weighted by atomic mass is 79.9. The molecule has 1 saturated heterocycles. The molecular formula is C15H23BrN2. The lowest BCUT2D eigenvalue weighted by Crippen LogP contribution is -2.43. The number of nitrogens with zero attached hydrogens (tertiary/aromatic N) is 1. The molecule has 1 aliphatic rings. The van der Waals surface area contributed by atoms with Crippen molar-refractivity contribution in [2.45, 2.75) is 45.2 Å². The third kappa shape index (κ3) is 2.63. The lowest BCUT2D eigenvalue weighted by Gasteiger charge is -2.38. The Balaban J connectivity index is 2.30. The summed E-state index contributed by atoms with van der Waals surface area (Å²) in [5.74, 6) is 0. The van der Waals surface area contributed by atoms with E-state index in [0.29, 0.717) is 12.6 Å². The summed E-state index contributed by atoms with van der Waals surface area (Å²) in [6.07, 6.45) is 2.54. The molecule has 1 fully saturated rings. The van der Waals surface area contributed by atoms with Gasteiger partial charge in [0.15, 0.2) is 0 Å². The van der Waals surface area contributed by atoms with Gasteiger partial charge in [0.05, 0.1) is 0 Å². The highest BCUT2D eigenvalue weighted by Gasteiger charge is 2.36. The van der Waals surface area contributed by atoms with Crippen LogP contribution < -0.4 is 5.73 Å². The zero-order valence-electron chi connectivity index (χ0n) is 11.5. The molecule has 2 nitrogen and oxygen atoms in total. The Hall–Kier alpha value is -0.380. The number of halogens is 1. The van der Waals surface area contributed by atoms with Gasteiger partial charge in [0, 0.05) is 22.6 Å². The van der Waals surface area contributed by atoms with Gasteiger partial charge in [0.25, 0.3) is 0 Å². The van der Waals surface area contributed by atoms with Gasteiger partial charge in [-0.25, -0.2) is 0 Å². The van der Waals surface area contributed by atoms with Gasteiger partial charge in [-0.1, -0.05) is 28.1 Å². The first-order valence-corrected chi connectivity index (χ1v) is 7.48. The first-order chi connectivity index (χ1) is 8.45. The molecule has 2 N–H and O–H groups in total. The van der Waals surface area contributed by atoms with Gasteiger partial charge in [-0.3, -0.25) is 4.90 Å². The summed E-state index contributed by atoms with van der Waals surface area (Å²) in [5.41, 5.74) is 8.93. The third-order valence-corrected chi connectivity index (χ3v) is 5.02. The van der Waals surface area contributed by atoms with Crippen LogP contribution in [0.15, 0.2) is 22.7 Å². The zero-order valence-corrected chi connectivity index (χ0v) is 13.1. The largest absolute Gasteiger partial charge is 0.329 e. The molecule has 0 radical (unpaired) electrons. The Kier molecular flexibility index (Phi) is 4.15. The van der Waals surface area contributed by atoms with Gasteiger partial charge < -0.3 is 5.73 Å². The highest BCUT2D eigenvalue weighted by Crippen LogP contribution is 2.36. The summed E-state index contributed by atoms with van der Waals surface area (Å²) in [6, 6.07) is 6.93. The second-order valence-corrected chi connectivity index (χ2v) is 6.72. The molecule has 0 bridgehead atoms. The molecule has 1 aromatic carbocycles. The first-order valence-electron chi connectivity index (χ1n) is 6.68. The van der Waals surface area contributed by atoms with Crippen LogP contribution in [-0.4, -0.2) is 23.5 Å². The van der Waals surface area contributed by atoms with Crippen LogP contribution in [0.3, 0.4) is 0 Å². The number of aryl methyl sites for hydroxylation is 1. The maximum atomic E-state index is 6.04. The quantitative estimate of drug-likeness (QED) is 0.923. The summed E-state index contributed by atoms with van der Waals surface area (Å²) in [6.45, 7) is 8.63. The van der Waals surface area contributed by atoms with E-state index in [0.717, 1.165) is 6.54 Å². The van der Waals surface area contributed by atoms with Crippen molar-refractivity contribution in [2.24, 2.45) is 5.73 Å². The van der Waals surface area contributed by atoms with E-state index >= 15 is 0 Å². The second-order valence-electron chi connectivity index (χ2n) is 5.87. The van der Waals surface area contributed by atoms with E-state index in [1.165, 1.54) is 28.4 Å². The summed E-state index contributed by atoms with van der Waals surface area (Å²) >= 11 is 3.56. The minimum absolute atomic E-state index is 0.269. The standard InChI is InChI=1S/C15H23BrN2/c1-11-9-12(5-6-13(11)16)14(10-17)18-8-4-7-15(18,2)3/h5-6,9,14H,4,7-8,10,17H2,1-3H3. The van der Waals surface area contributed by atoms with Crippen molar-refractivity contribution < 1.29 is 0 Å². The maximum Gasteiger partial charge on any atom is 0.0475 e. The van der Waals surface area contributed by atoms with Crippen LogP contribution in [0.4, 0.5) is 0 Å². The average Bonchev–Trinajstić information content (AvgIpc) is 2.65. The molecule has 1 aromatic rings.